The highest BCUT2D eigenvalue weighted by atomic mass is 79.9. The lowest BCUT2D eigenvalue weighted by molar-refractivity contribution is -0.120. The molecule has 2 amide bonds. The summed E-state index contributed by atoms with van der Waals surface area (Å²) in [5.74, 6) is -1.32. The Morgan fingerprint density at radius 2 is 1.61 bits per heavy atom. The zero-order valence-electron chi connectivity index (χ0n) is 19.9. The van der Waals surface area contributed by atoms with Crippen LogP contribution in [0.15, 0.2) is 92.8 Å². The maximum absolute atomic E-state index is 13.5. The molecule has 1 aliphatic rings. The zero-order chi connectivity index (χ0) is 25.7. The van der Waals surface area contributed by atoms with E-state index in [1.807, 2.05) is 62.4 Å². The molecule has 0 unspecified atom stereocenters. The highest BCUT2D eigenvalue weighted by Crippen LogP contribution is 2.38. The Kier molecular flexibility index (Phi) is 8.28. The number of esters is 1. The molecular weight excluding hydrogens is 540 g/mol. The maximum Gasteiger partial charge on any atom is 0.338 e. The molecule has 0 aliphatic carbocycles. The average Bonchev–Trinajstić information content (AvgIpc) is 3.10. The molecule has 3 aromatic rings. The van der Waals surface area contributed by atoms with E-state index in [2.05, 4.69) is 21.2 Å². The molecule has 0 aromatic heterocycles. The monoisotopic (exact) mass is 564 g/mol. The van der Waals surface area contributed by atoms with Gasteiger partial charge in [0.05, 0.1) is 17.9 Å². The van der Waals surface area contributed by atoms with Crippen LogP contribution in [0.2, 0.25) is 0 Å². The number of nitrogens with zero attached hydrogens (tertiary/aromatic N) is 1. The van der Waals surface area contributed by atoms with Crippen molar-refractivity contribution < 1.29 is 19.1 Å². The van der Waals surface area contributed by atoms with Gasteiger partial charge >= 0.3 is 5.97 Å². The van der Waals surface area contributed by atoms with E-state index in [0.29, 0.717) is 28.5 Å². The van der Waals surface area contributed by atoms with Crippen LogP contribution in [0.1, 0.15) is 35.7 Å². The third-order valence-electron chi connectivity index (χ3n) is 5.49. The number of anilines is 2. The first-order valence-corrected chi connectivity index (χ1v) is 13.2. The van der Waals surface area contributed by atoms with Crippen molar-refractivity contribution in [1.82, 2.24) is 0 Å². The summed E-state index contributed by atoms with van der Waals surface area (Å²) in [6.45, 7) is 4.37. The molecule has 36 heavy (non-hydrogen) atoms. The van der Waals surface area contributed by atoms with Gasteiger partial charge in [0.1, 0.15) is 10.6 Å². The molecule has 0 fully saturated rings. The number of imide groups is 1. The number of carbonyl (C=O) groups excluding carboxylic acids is 3. The molecule has 0 atom stereocenters. The van der Waals surface area contributed by atoms with Crippen molar-refractivity contribution in [3.8, 4) is 0 Å². The van der Waals surface area contributed by atoms with E-state index in [0.717, 1.165) is 32.7 Å². The first kappa shape index (κ1) is 25.7. The lowest BCUT2D eigenvalue weighted by Crippen LogP contribution is -2.32. The topological polar surface area (TPSA) is 75.7 Å². The van der Waals surface area contributed by atoms with Crippen LogP contribution >= 0.6 is 27.7 Å². The Morgan fingerprint density at radius 3 is 2.25 bits per heavy atom. The van der Waals surface area contributed by atoms with Gasteiger partial charge in [0, 0.05) is 15.1 Å². The molecule has 4 rings (SSSR count). The number of benzene rings is 3. The van der Waals surface area contributed by atoms with E-state index in [4.69, 9.17) is 4.74 Å². The molecule has 6 nitrogen and oxygen atoms in total. The fraction of sp³-hybridized carbons (Fsp3) is 0.179. The minimum atomic E-state index is -0.462. The number of hydrogen-bond acceptors (Lipinski definition) is 6. The lowest BCUT2D eigenvalue weighted by atomic mass is 10.2. The number of unbranched alkanes of at least 4 members (excludes halogenated alkanes) is 1. The van der Waals surface area contributed by atoms with Gasteiger partial charge in [-0.1, -0.05) is 58.7 Å². The number of carbonyl (C=O) groups is 3. The zero-order valence-corrected chi connectivity index (χ0v) is 22.3. The minimum Gasteiger partial charge on any atom is -0.462 e. The number of ether oxygens (including phenoxy) is 1. The molecule has 8 heteroatoms. The van der Waals surface area contributed by atoms with Crippen LogP contribution < -0.4 is 10.2 Å². The van der Waals surface area contributed by atoms with Gasteiger partial charge in [-0.2, -0.15) is 0 Å². The van der Waals surface area contributed by atoms with Gasteiger partial charge in [0.2, 0.25) is 0 Å². The third kappa shape index (κ3) is 5.88. The number of rotatable bonds is 9. The quantitative estimate of drug-likeness (QED) is 0.177. The van der Waals surface area contributed by atoms with Crippen molar-refractivity contribution in [2.24, 2.45) is 0 Å². The molecule has 1 aliphatic heterocycles. The first-order chi connectivity index (χ1) is 17.4. The minimum absolute atomic E-state index is 0.205. The summed E-state index contributed by atoms with van der Waals surface area (Å²) in [6.07, 6.45) is 1.72. The largest absolute Gasteiger partial charge is 0.462 e. The van der Waals surface area contributed by atoms with Crippen molar-refractivity contribution in [2.75, 3.05) is 16.8 Å². The second-order valence-corrected chi connectivity index (χ2v) is 10.2. The van der Waals surface area contributed by atoms with Crippen LogP contribution in [-0.4, -0.2) is 24.4 Å². The molecule has 1 N–H and O–H groups in total. The van der Waals surface area contributed by atoms with Crippen LogP contribution in [0, 0.1) is 6.92 Å². The van der Waals surface area contributed by atoms with Crippen LogP contribution in [0.25, 0.3) is 0 Å². The number of thioether (sulfide) groups is 1. The summed E-state index contributed by atoms with van der Waals surface area (Å²) in [4.78, 5) is 41.5. The van der Waals surface area contributed by atoms with E-state index in [1.165, 1.54) is 11.8 Å². The molecule has 1 heterocycles. The predicted molar refractivity (Wildman–Crippen MR) is 146 cm³/mol. The van der Waals surface area contributed by atoms with Crippen LogP contribution in [0.5, 0.6) is 0 Å². The SMILES string of the molecule is CCCCOC(=O)c1ccc(N2C(=O)C(Nc3ccc(Br)cc3)=C(Sc3ccc(C)cc3)C2=O)cc1. The number of nitrogens with one attached hydrogen (secondary N) is 1. The summed E-state index contributed by atoms with van der Waals surface area (Å²) in [7, 11) is 0. The second kappa shape index (κ2) is 11.6. The molecule has 0 saturated heterocycles. The fourth-order valence-electron chi connectivity index (χ4n) is 3.49. The third-order valence-corrected chi connectivity index (χ3v) is 7.11. The van der Waals surface area contributed by atoms with Crippen molar-refractivity contribution in [2.45, 2.75) is 31.6 Å². The summed E-state index contributed by atoms with van der Waals surface area (Å²) < 4.78 is 6.15. The van der Waals surface area contributed by atoms with Gasteiger partial charge in [-0.25, -0.2) is 9.69 Å². The first-order valence-electron chi connectivity index (χ1n) is 11.5. The molecular formula is C28H25BrN2O4S. The molecule has 184 valence electrons. The Morgan fingerprint density at radius 1 is 0.944 bits per heavy atom. The molecule has 0 saturated carbocycles. The van der Waals surface area contributed by atoms with Gasteiger partial charge in [-0.15, -0.1) is 0 Å². The molecule has 3 aromatic carbocycles. The van der Waals surface area contributed by atoms with Crippen molar-refractivity contribution in [1.29, 1.82) is 0 Å². The summed E-state index contributed by atoms with van der Waals surface area (Å²) >= 11 is 4.65. The molecule has 0 radical (unpaired) electrons. The fourth-order valence-corrected chi connectivity index (χ4v) is 4.68. The number of amides is 2. The van der Waals surface area contributed by atoms with Crippen molar-refractivity contribution in [3.05, 3.63) is 99.0 Å². The van der Waals surface area contributed by atoms with E-state index in [-0.39, 0.29) is 5.70 Å². The highest BCUT2D eigenvalue weighted by molar-refractivity contribution is 9.10. The Labute approximate surface area is 222 Å². The van der Waals surface area contributed by atoms with Crippen LogP contribution in [0.4, 0.5) is 11.4 Å². The van der Waals surface area contributed by atoms with Crippen molar-refractivity contribution >= 4 is 56.9 Å². The number of halogens is 1. The second-order valence-electron chi connectivity index (χ2n) is 8.23. The van der Waals surface area contributed by atoms with Crippen LogP contribution in [-0.2, 0) is 14.3 Å². The Bertz CT molecular complexity index is 1230. The van der Waals surface area contributed by atoms with E-state index < -0.39 is 17.8 Å². The maximum atomic E-state index is 13.5. The van der Waals surface area contributed by atoms with E-state index in [1.54, 1.807) is 24.3 Å². The van der Waals surface area contributed by atoms with Gasteiger partial charge in [-0.05, 0) is 74.0 Å². The van der Waals surface area contributed by atoms with E-state index in [9.17, 15) is 14.4 Å². The average molecular weight is 565 g/mol. The standard InChI is InChI=1S/C28H25BrN2O4S/c1-3-4-17-35-28(34)19-7-13-22(14-8-19)31-26(32)24(30-21-11-9-20(29)10-12-21)25(27(31)33)36-23-15-5-18(2)6-16-23/h5-16,30H,3-4,17H2,1-2H3. The molecule has 0 bridgehead atoms. The summed E-state index contributed by atoms with van der Waals surface area (Å²) in [5.41, 5.74) is 2.73. The van der Waals surface area contributed by atoms with Crippen LogP contribution in [0.3, 0.4) is 0 Å². The van der Waals surface area contributed by atoms with Crippen molar-refractivity contribution in [3.63, 3.8) is 0 Å². The normalized spacial score (nSPS) is 13.4. The van der Waals surface area contributed by atoms with Gasteiger partial charge in [0.15, 0.2) is 0 Å². The number of hydrogen-bond donors (Lipinski definition) is 1. The smallest absolute Gasteiger partial charge is 0.338 e. The molecule has 0 spiro atoms. The van der Waals surface area contributed by atoms with E-state index >= 15 is 0 Å². The predicted octanol–water partition coefficient (Wildman–Crippen LogP) is 6.70. The van der Waals surface area contributed by atoms with Gasteiger partial charge in [-0.3, -0.25) is 9.59 Å². The number of aryl methyl sites for hydroxylation is 1. The van der Waals surface area contributed by atoms with Gasteiger partial charge < -0.3 is 10.1 Å². The van der Waals surface area contributed by atoms with Gasteiger partial charge in [0.25, 0.3) is 11.8 Å². The Hall–Kier alpha value is -3.36. The summed E-state index contributed by atoms with van der Waals surface area (Å²) in [6, 6.07) is 21.4. The summed E-state index contributed by atoms with van der Waals surface area (Å²) in [5, 5.41) is 3.14. The lowest BCUT2D eigenvalue weighted by Gasteiger charge is -2.16. The highest BCUT2D eigenvalue weighted by Gasteiger charge is 2.40. The Balaban J connectivity index is 1.62.